The Kier molecular flexibility index (Phi) is 25.8. The molecule has 1 amide bonds. The average Bonchev–Trinajstić information content (AvgIpc) is 3.05. The number of unbranched alkanes of at least 4 members (excludes halogenated alkanes) is 11. The van der Waals surface area contributed by atoms with Crippen LogP contribution in [-0.2, 0) is 14.3 Å². The summed E-state index contributed by atoms with van der Waals surface area (Å²) in [6.07, 6.45) is 25.9. The summed E-state index contributed by atoms with van der Waals surface area (Å²) in [6, 6.07) is -0.828. The lowest BCUT2D eigenvalue weighted by atomic mass is 9.99. The van der Waals surface area contributed by atoms with Gasteiger partial charge in [0.15, 0.2) is 6.29 Å². The van der Waals surface area contributed by atoms with Crippen LogP contribution in [0.2, 0.25) is 0 Å². The first-order valence-corrected chi connectivity index (χ1v) is 17.9. The Labute approximate surface area is 278 Å². The molecule has 0 saturated carbocycles. The highest BCUT2D eigenvalue weighted by Gasteiger charge is 2.44. The average molecular weight is 652 g/mol. The Balaban J connectivity index is 2.55. The molecule has 1 rings (SSSR count). The summed E-state index contributed by atoms with van der Waals surface area (Å²) in [6.45, 7) is 3.59. The van der Waals surface area contributed by atoms with E-state index in [1.54, 1.807) is 6.08 Å². The maximum Gasteiger partial charge on any atom is 0.220 e. The molecule has 1 saturated heterocycles. The van der Waals surface area contributed by atoms with Gasteiger partial charge in [-0.1, -0.05) is 101 Å². The molecule has 9 heteroatoms. The largest absolute Gasteiger partial charge is 0.394 e. The molecule has 0 aromatic heterocycles. The number of rotatable bonds is 27. The SMILES string of the molecule is CCC/C=C/CC/C=C/CC/C=C/C(O)C(COC1OC(CO)C(O)C(O)C1O)NC(=O)CCCCCCC/C=C\CCCCC. The molecule has 6 N–H and O–H groups in total. The number of ether oxygens (including phenoxy) is 2. The lowest BCUT2D eigenvalue weighted by molar-refractivity contribution is -0.302. The van der Waals surface area contributed by atoms with Gasteiger partial charge in [0.05, 0.1) is 25.4 Å². The molecule has 0 bridgehead atoms. The maximum absolute atomic E-state index is 12.8. The van der Waals surface area contributed by atoms with E-state index < -0.39 is 49.5 Å². The second kappa shape index (κ2) is 28.2. The topological polar surface area (TPSA) is 149 Å². The van der Waals surface area contributed by atoms with Crippen molar-refractivity contribution >= 4 is 5.91 Å². The molecule has 0 spiro atoms. The molecular weight excluding hydrogens is 586 g/mol. The summed E-state index contributed by atoms with van der Waals surface area (Å²) >= 11 is 0. The van der Waals surface area contributed by atoms with Gasteiger partial charge < -0.3 is 40.3 Å². The van der Waals surface area contributed by atoms with E-state index in [-0.39, 0.29) is 12.5 Å². The van der Waals surface area contributed by atoms with Crippen LogP contribution in [-0.4, -0.2) is 87.5 Å². The van der Waals surface area contributed by atoms with Gasteiger partial charge in [-0.2, -0.15) is 0 Å². The van der Waals surface area contributed by atoms with Gasteiger partial charge in [-0.05, 0) is 64.2 Å². The van der Waals surface area contributed by atoms with Crippen molar-refractivity contribution in [3.63, 3.8) is 0 Å². The number of hydrogen-bond donors (Lipinski definition) is 6. The Morgan fingerprint density at radius 1 is 0.717 bits per heavy atom. The standard InChI is InChI=1S/C37H65NO8/c1-3-5-7-9-11-13-15-17-19-21-23-25-27-33(41)38-30(29-45-37-36(44)35(43)34(42)32(28-39)46-37)31(40)26-24-22-20-18-16-14-12-10-8-6-4-2/h8,10-11,13,16,18,24,26,30-32,34-37,39-40,42-44H,3-7,9,12,14-15,17,19-23,25,27-29H2,1-2H3,(H,38,41)/b10-8+,13-11-,18-16+,26-24+. The predicted molar refractivity (Wildman–Crippen MR) is 184 cm³/mol. The Hall–Kier alpha value is -1.85. The van der Waals surface area contributed by atoms with Crippen molar-refractivity contribution in [2.45, 2.75) is 166 Å². The van der Waals surface area contributed by atoms with Crippen LogP contribution in [0.15, 0.2) is 48.6 Å². The second-order valence-electron chi connectivity index (χ2n) is 12.3. The molecule has 7 atom stereocenters. The quantitative estimate of drug-likeness (QED) is 0.0501. The van der Waals surface area contributed by atoms with E-state index >= 15 is 0 Å². The molecular formula is C37H65NO8. The van der Waals surface area contributed by atoms with Crippen LogP contribution in [0.5, 0.6) is 0 Å². The molecule has 1 fully saturated rings. The zero-order chi connectivity index (χ0) is 33.8. The summed E-state index contributed by atoms with van der Waals surface area (Å²) in [5.74, 6) is -0.208. The number of allylic oxidation sites excluding steroid dienone is 7. The van der Waals surface area contributed by atoms with Gasteiger partial charge in [0, 0.05) is 6.42 Å². The van der Waals surface area contributed by atoms with E-state index in [0.29, 0.717) is 6.42 Å². The van der Waals surface area contributed by atoms with Crippen molar-refractivity contribution in [3.8, 4) is 0 Å². The minimum Gasteiger partial charge on any atom is -0.394 e. The van der Waals surface area contributed by atoms with Gasteiger partial charge in [0.1, 0.15) is 24.4 Å². The molecule has 7 unspecified atom stereocenters. The van der Waals surface area contributed by atoms with Crippen molar-refractivity contribution < 1.29 is 39.8 Å². The fourth-order valence-corrected chi connectivity index (χ4v) is 5.13. The minimum absolute atomic E-state index is 0.208. The smallest absolute Gasteiger partial charge is 0.220 e. The molecule has 46 heavy (non-hydrogen) atoms. The zero-order valence-corrected chi connectivity index (χ0v) is 28.6. The van der Waals surface area contributed by atoms with Crippen molar-refractivity contribution in [3.05, 3.63) is 48.6 Å². The molecule has 0 aromatic carbocycles. The summed E-state index contributed by atoms with van der Waals surface area (Å²) in [7, 11) is 0. The first-order valence-electron chi connectivity index (χ1n) is 17.9. The van der Waals surface area contributed by atoms with Gasteiger partial charge in [0.2, 0.25) is 5.91 Å². The Bertz CT molecular complexity index is 858. The number of aliphatic hydroxyl groups is 5. The first-order chi connectivity index (χ1) is 22.3. The lowest BCUT2D eigenvalue weighted by Crippen LogP contribution is -2.60. The molecule has 0 aliphatic carbocycles. The van der Waals surface area contributed by atoms with E-state index in [1.165, 1.54) is 19.3 Å². The van der Waals surface area contributed by atoms with Crippen LogP contribution in [0.4, 0.5) is 0 Å². The third-order valence-electron chi connectivity index (χ3n) is 8.08. The number of hydrogen-bond acceptors (Lipinski definition) is 8. The first kappa shape index (κ1) is 42.2. The van der Waals surface area contributed by atoms with E-state index in [0.717, 1.165) is 83.5 Å². The molecule has 1 aliphatic rings. The fraction of sp³-hybridized carbons (Fsp3) is 0.757. The van der Waals surface area contributed by atoms with E-state index in [9.17, 15) is 30.3 Å². The number of amides is 1. The highest BCUT2D eigenvalue weighted by atomic mass is 16.7. The summed E-state index contributed by atoms with van der Waals surface area (Å²) < 4.78 is 11.1. The molecule has 0 aromatic rings. The van der Waals surface area contributed by atoms with E-state index in [2.05, 4.69) is 55.6 Å². The highest BCUT2D eigenvalue weighted by Crippen LogP contribution is 2.22. The normalized spacial score (nSPS) is 23.7. The number of carbonyl (C=O) groups excluding carboxylic acids is 1. The fourth-order valence-electron chi connectivity index (χ4n) is 5.13. The van der Waals surface area contributed by atoms with Crippen LogP contribution >= 0.6 is 0 Å². The number of nitrogens with one attached hydrogen (secondary N) is 1. The predicted octanol–water partition coefficient (Wildman–Crippen LogP) is 5.54. The molecule has 1 aliphatic heterocycles. The molecule has 9 nitrogen and oxygen atoms in total. The third kappa shape index (κ3) is 19.7. The lowest BCUT2D eigenvalue weighted by Gasteiger charge is -2.40. The van der Waals surface area contributed by atoms with Crippen molar-refractivity contribution in [1.29, 1.82) is 0 Å². The Morgan fingerprint density at radius 2 is 1.28 bits per heavy atom. The van der Waals surface area contributed by atoms with Crippen molar-refractivity contribution in [2.75, 3.05) is 13.2 Å². The van der Waals surface area contributed by atoms with Gasteiger partial charge in [-0.25, -0.2) is 0 Å². The number of aliphatic hydroxyl groups excluding tert-OH is 5. The summed E-state index contributed by atoms with van der Waals surface area (Å²) in [5, 5.41) is 53.7. The van der Waals surface area contributed by atoms with Crippen LogP contribution in [0, 0.1) is 0 Å². The van der Waals surface area contributed by atoms with Crippen molar-refractivity contribution in [2.24, 2.45) is 0 Å². The van der Waals surface area contributed by atoms with Crippen LogP contribution in [0.25, 0.3) is 0 Å². The summed E-state index contributed by atoms with van der Waals surface area (Å²) in [4.78, 5) is 12.8. The number of carbonyl (C=O) groups is 1. The van der Waals surface area contributed by atoms with Gasteiger partial charge >= 0.3 is 0 Å². The highest BCUT2D eigenvalue weighted by molar-refractivity contribution is 5.76. The van der Waals surface area contributed by atoms with Crippen LogP contribution < -0.4 is 5.32 Å². The van der Waals surface area contributed by atoms with Crippen LogP contribution in [0.1, 0.15) is 123 Å². The molecule has 1 heterocycles. The molecule has 0 radical (unpaired) electrons. The van der Waals surface area contributed by atoms with Gasteiger partial charge in [-0.3, -0.25) is 4.79 Å². The van der Waals surface area contributed by atoms with Gasteiger partial charge in [-0.15, -0.1) is 0 Å². The second-order valence-corrected chi connectivity index (χ2v) is 12.3. The van der Waals surface area contributed by atoms with E-state index in [1.807, 2.05) is 6.08 Å². The molecule has 266 valence electrons. The van der Waals surface area contributed by atoms with E-state index in [4.69, 9.17) is 9.47 Å². The minimum atomic E-state index is -1.57. The van der Waals surface area contributed by atoms with Crippen LogP contribution in [0.3, 0.4) is 0 Å². The maximum atomic E-state index is 12.8. The van der Waals surface area contributed by atoms with Crippen molar-refractivity contribution in [1.82, 2.24) is 5.32 Å². The monoisotopic (exact) mass is 651 g/mol. The zero-order valence-electron chi connectivity index (χ0n) is 28.6. The third-order valence-corrected chi connectivity index (χ3v) is 8.08. The summed E-state index contributed by atoms with van der Waals surface area (Å²) in [5.41, 5.74) is 0. The van der Waals surface area contributed by atoms with Gasteiger partial charge in [0.25, 0.3) is 0 Å². The Morgan fingerprint density at radius 3 is 1.91 bits per heavy atom.